The van der Waals surface area contributed by atoms with Gasteiger partial charge in [0.1, 0.15) is 0 Å². The Kier molecular flexibility index (Phi) is 10.4. The molecule has 0 aliphatic rings. The molecule has 0 heterocycles. The number of amides is 1. The zero-order chi connectivity index (χ0) is 12.2. The molecule has 0 aromatic rings. The molecular weight excluding hydrogens is 208 g/mol. The van der Waals surface area contributed by atoms with Crippen LogP contribution in [0.2, 0.25) is 0 Å². The largest absolute Gasteiger partial charge is 0.395 e. The number of methoxy groups -OCH3 is 1. The average Bonchev–Trinajstić information content (AvgIpc) is 2.25. The molecule has 0 atom stereocenters. The zero-order valence-electron chi connectivity index (χ0n) is 10.4. The molecule has 16 heavy (non-hydrogen) atoms. The molecular formula is C11H24N2O3. The van der Waals surface area contributed by atoms with Gasteiger partial charge in [-0.15, -0.1) is 0 Å². The van der Waals surface area contributed by atoms with Crippen molar-refractivity contribution in [2.45, 2.75) is 19.8 Å². The van der Waals surface area contributed by atoms with Crippen LogP contribution in [0.1, 0.15) is 19.8 Å². The first-order valence-electron chi connectivity index (χ1n) is 5.83. The van der Waals surface area contributed by atoms with Gasteiger partial charge in [-0.3, -0.25) is 9.69 Å². The predicted octanol–water partition coefficient (Wildman–Crippen LogP) is -0.157. The van der Waals surface area contributed by atoms with Crippen LogP contribution in [-0.4, -0.2) is 62.4 Å². The van der Waals surface area contributed by atoms with E-state index in [1.165, 1.54) is 0 Å². The van der Waals surface area contributed by atoms with Crippen LogP contribution in [-0.2, 0) is 9.53 Å². The lowest BCUT2D eigenvalue weighted by atomic mass is 10.3. The fraction of sp³-hybridized carbons (Fsp3) is 0.909. The van der Waals surface area contributed by atoms with E-state index in [1.807, 2.05) is 4.90 Å². The molecule has 5 nitrogen and oxygen atoms in total. The van der Waals surface area contributed by atoms with Crippen molar-refractivity contribution in [3.8, 4) is 0 Å². The highest BCUT2D eigenvalue weighted by Gasteiger charge is 2.08. The van der Waals surface area contributed by atoms with Gasteiger partial charge in [0, 0.05) is 26.8 Å². The van der Waals surface area contributed by atoms with E-state index in [1.54, 1.807) is 7.11 Å². The maximum absolute atomic E-state index is 11.5. The molecule has 0 aromatic heterocycles. The van der Waals surface area contributed by atoms with Gasteiger partial charge in [-0.1, -0.05) is 6.92 Å². The summed E-state index contributed by atoms with van der Waals surface area (Å²) in [6, 6.07) is 0. The quantitative estimate of drug-likeness (QED) is 0.514. The monoisotopic (exact) mass is 232 g/mol. The molecule has 0 rings (SSSR count). The van der Waals surface area contributed by atoms with Gasteiger partial charge in [-0.05, 0) is 19.4 Å². The van der Waals surface area contributed by atoms with Gasteiger partial charge in [0.15, 0.2) is 0 Å². The van der Waals surface area contributed by atoms with Crippen molar-refractivity contribution < 1.29 is 14.6 Å². The van der Waals surface area contributed by atoms with Gasteiger partial charge in [0.2, 0.25) is 5.91 Å². The number of hydrogen-bond donors (Lipinski definition) is 2. The average molecular weight is 232 g/mol. The maximum atomic E-state index is 11.5. The highest BCUT2D eigenvalue weighted by Crippen LogP contribution is 1.90. The normalized spacial score (nSPS) is 10.8. The fourth-order valence-electron chi connectivity index (χ4n) is 1.43. The van der Waals surface area contributed by atoms with Crippen LogP contribution >= 0.6 is 0 Å². The second-order valence-corrected chi connectivity index (χ2v) is 3.70. The van der Waals surface area contributed by atoms with E-state index in [9.17, 15) is 4.79 Å². The lowest BCUT2D eigenvalue weighted by molar-refractivity contribution is -0.122. The Hall–Kier alpha value is -0.650. The van der Waals surface area contributed by atoms with Crippen molar-refractivity contribution in [1.29, 1.82) is 0 Å². The summed E-state index contributed by atoms with van der Waals surface area (Å²) in [6.45, 7) is 5.21. The molecule has 0 unspecified atom stereocenters. The molecule has 0 fully saturated rings. The molecule has 5 heteroatoms. The smallest absolute Gasteiger partial charge is 0.234 e. The first kappa shape index (κ1) is 15.3. The van der Waals surface area contributed by atoms with E-state index in [-0.39, 0.29) is 12.5 Å². The number of nitrogens with zero attached hydrogens (tertiary/aromatic N) is 1. The molecule has 0 radical (unpaired) electrons. The van der Waals surface area contributed by atoms with Crippen molar-refractivity contribution in [2.75, 3.05) is 46.5 Å². The van der Waals surface area contributed by atoms with Crippen LogP contribution < -0.4 is 5.32 Å². The lowest BCUT2D eigenvalue weighted by Gasteiger charge is -2.19. The minimum absolute atomic E-state index is 0.0120. The molecule has 0 bridgehead atoms. The fourth-order valence-corrected chi connectivity index (χ4v) is 1.43. The molecule has 0 saturated heterocycles. The summed E-state index contributed by atoms with van der Waals surface area (Å²) in [4.78, 5) is 13.4. The number of nitrogens with one attached hydrogen (secondary N) is 1. The van der Waals surface area contributed by atoms with E-state index < -0.39 is 0 Å². The van der Waals surface area contributed by atoms with Gasteiger partial charge >= 0.3 is 0 Å². The number of carbonyl (C=O) groups is 1. The Labute approximate surface area is 97.8 Å². The van der Waals surface area contributed by atoms with Crippen LogP contribution in [0, 0.1) is 0 Å². The number of aliphatic hydroxyl groups is 1. The molecule has 0 saturated carbocycles. The third-order valence-corrected chi connectivity index (χ3v) is 2.17. The van der Waals surface area contributed by atoms with Gasteiger partial charge in [-0.2, -0.15) is 0 Å². The number of ether oxygens (including phenoxy) is 1. The van der Waals surface area contributed by atoms with E-state index >= 15 is 0 Å². The minimum atomic E-state index is 0.0120. The summed E-state index contributed by atoms with van der Waals surface area (Å²) in [5.74, 6) is 0.0120. The molecule has 1 amide bonds. The SMILES string of the molecule is CCCN(CCO)CC(=O)NCCCOC. The third-order valence-electron chi connectivity index (χ3n) is 2.17. The Morgan fingerprint density at radius 2 is 2.19 bits per heavy atom. The highest BCUT2D eigenvalue weighted by molar-refractivity contribution is 5.77. The lowest BCUT2D eigenvalue weighted by Crippen LogP contribution is -2.39. The first-order chi connectivity index (χ1) is 7.74. The molecule has 0 aromatic carbocycles. The Balaban J connectivity index is 3.63. The van der Waals surface area contributed by atoms with Crippen LogP contribution in [0.3, 0.4) is 0 Å². The number of hydrogen-bond acceptors (Lipinski definition) is 4. The van der Waals surface area contributed by atoms with Crippen molar-refractivity contribution in [1.82, 2.24) is 10.2 Å². The highest BCUT2D eigenvalue weighted by atomic mass is 16.5. The summed E-state index contributed by atoms with van der Waals surface area (Å²) < 4.78 is 4.89. The summed E-state index contributed by atoms with van der Waals surface area (Å²) in [5.41, 5.74) is 0. The van der Waals surface area contributed by atoms with Crippen LogP contribution in [0.15, 0.2) is 0 Å². The second-order valence-electron chi connectivity index (χ2n) is 3.70. The molecule has 0 aliphatic heterocycles. The van der Waals surface area contributed by atoms with E-state index in [0.717, 1.165) is 19.4 Å². The van der Waals surface area contributed by atoms with Crippen LogP contribution in [0.25, 0.3) is 0 Å². The van der Waals surface area contributed by atoms with Gasteiger partial charge in [0.05, 0.1) is 13.2 Å². The van der Waals surface area contributed by atoms with Gasteiger partial charge in [0.25, 0.3) is 0 Å². The van der Waals surface area contributed by atoms with Crippen molar-refractivity contribution in [3.05, 3.63) is 0 Å². The summed E-state index contributed by atoms with van der Waals surface area (Å²) in [7, 11) is 1.64. The summed E-state index contributed by atoms with van der Waals surface area (Å²) in [6.07, 6.45) is 1.81. The van der Waals surface area contributed by atoms with E-state index in [4.69, 9.17) is 9.84 Å². The molecule has 96 valence electrons. The maximum Gasteiger partial charge on any atom is 0.234 e. The van der Waals surface area contributed by atoms with E-state index in [0.29, 0.717) is 26.2 Å². The van der Waals surface area contributed by atoms with E-state index in [2.05, 4.69) is 12.2 Å². The molecule has 0 spiro atoms. The Bertz CT molecular complexity index is 171. The Morgan fingerprint density at radius 1 is 1.44 bits per heavy atom. The topological polar surface area (TPSA) is 61.8 Å². The summed E-state index contributed by atoms with van der Waals surface area (Å²) in [5, 5.41) is 11.7. The zero-order valence-corrected chi connectivity index (χ0v) is 10.4. The van der Waals surface area contributed by atoms with Crippen molar-refractivity contribution in [2.24, 2.45) is 0 Å². The minimum Gasteiger partial charge on any atom is -0.395 e. The van der Waals surface area contributed by atoms with Crippen LogP contribution in [0.4, 0.5) is 0 Å². The first-order valence-corrected chi connectivity index (χ1v) is 5.83. The predicted molar refractivity (Wildman–Crippen MR) is 63.3 cm³/mol. The molecule has 2 N–H and O–H groups in total. The van der Waals surface area contributed by atoms with Crippen molar-refractivity contribution in [3.63, 3.8) is 0 Å². The third kappa shape index (κ3) is 8.64. The van der Waals surface area contributed by atoms with Gasteiger partial charge < -0.3 is 15.2 Å². The number of rotatable bonds is 10. The number of aliphatic hydroxyl groups excluding tert-OH is 1. The standard InChI is InChI=1S/C11H24N2O3/c1-3-6-13(7-8-14)10-11(15)12-5-4-9-16-2/h14H,3-10H2,1-2H3,(H,12,15). The van der Waals surface area contributed by atoms with Gasteiger partial charge in [-0.25, -0.2) is 0 Å². The van der Waals surface area contributed by atoms with Crippen molar-refractivity contribution >= 4 is 5.91 Å². The number of carbonyl (C=O) groups excluding carboxylic acids is 1. The molecule has 0 aliphatic carbocycles. The van der Waals surface area contributed by atoms with Crippen LogP contribution in [0.5, 0.6) is 0 Å². The Morgan fingerprint density at radius 3 is 2.75 bits per heavy atom. The summed E-state index contributed by atoms with van der Waals surface area (Å²) >= 11 is 0. The second kappa shape index (κ2) is 10.9.